The van der Waals surface area contributed by atoms with Crippen molar-refractivity contribution in [3.05, 3.63) is 34.9 Å². The van der Waals surface area contributed by atoms with E-state index >= 15 is 0 Å². The van der Waals surface area contributed by atoms with Crippen LogP contribution in [0.3, 0.4) is 0 Å². The minimum absolute atomic E-state index is 0.0596. The number of hydrogen-bond donors (Lipinski definition) is 1. The SMILES string of the molecule is CCOC(CCCNC(=O)CCc1cccc(Cl)c1)OCC. The molecule has 0 unspecified atom stereocenters. The third kappa shape index (κ3) is 8.37. The van der Waals surface area contributed by atoms with Crippen molar-refractivity contribution in [2.75, 3.05) is 19.8 Å². The van der Waals surface area contributed by atoms with Gasteiger partial charge in [0.25, 0.3) is 0 Å². The maximum absolute atomic E-state index is 11.8. The van der Waals surface area contributed by atoms with E-state index in [9.17, 15) is 4.79 Å². The van der Waals surface area contributed by atoms with Gasteiger partial charge < -0.3 is 14.8 Å². The molecule has 0 aliphatic carbocycles. The van der Waals surface area contributed by atoms with Crippen molar-refractivity contribution in [1.29, 1.82) is 0 Å². The average molecular weight is 328 g/mol. The molecule has 5 heteroatoms. The number of hydrogen-bond acceptors (Lipinski definition) is 3. The predicted octanol–water partition coefficient (Wildman–Crippen LogP) is 3.57. The molecule has 1 rings (SSSR count). The molecule has 0 aromatic heterocycles. The molecular weight excluding hydrogens is 302 g/mol. The Hall–Kier alpha value is -1.10. The van der Waals surface area contributed by atoms with E-state index in [2.05, 4.69) is 5.32 Å². The summed E-state index contributed by atoms with van der Waals surface area (Å²) in [7, 11) is 0. The van der Waals surface area contributed by atoms with E-state index < -0.39 is 0 Å². The smallest absolute Gasteiger partial charge is 0.220 e. The second kappa shape index (κ2) is 11.5. The molecule has 1 N–H and O–H groups in total. The van der Waals surface area contributed by atoms with Crippen molar-refractivity contribution in [2.24, 2.45) is 0 Å². The Labute approximate surface area is 138 Å². The summed E-state index contributed by atoms with van der Waals surface area (Å²) in [5.74, 6) is 0.0596. The molecule has 0 saturated heterocycles. The molecule has 1 aromatic carbocycles. The first kappa shape index (κ1) is 18.9. The monoisotopic (exact) mass is 327 g/mol. The number of amides is 1. The Balaban J connectivity index is 2.15. The quantitative estimate of drug-likeness (QED) is 0.499. The molecule has 0 heterocycles. The summed E-state index contributed by atoms with van der Waals surface area (Å²) >= 11 is 5.92. The molecule has 0 saturated carbocycles. The van der Waals surface area contributed by atoms with E-state index in [1.165, 1.54) is 0 Å². The van der Waals surface area contributed by atoms with Crippen LogP contribution in [0, 0.1) is 0 Å². The van der Waals surface area contributed by atoms with E-state index in [0.717, 1.165) is 18.4 Å². The second-order valence-corrected chi connectivity index (χ2v) is 5.40. The highest BCUT2D eigenvalue weighted by Crippen LogP contribution is 2.12. The van der Waals surface area contributed by atoms with Crippen LogP contribution in [0.2, 0.25) is 5.02 Å². The van der Waals surface area contributed by atoms with Gasteiger partial charge in [0.2, 0.25) is 5.91 Å². The fraction of sp³-hybridized carbons (Fsp3) is 0.588. The number of ether oxygens (including phenoxy) is 2. The van der Waals surface area contributed by atoms with Crippen LogP contribution < -0.4 is 5.32 Å². The minimum Gasteiger partial charge on any atom is -0.356 e. The van der Waals surface area contributed by atoms with Crippen molar-refractivity contribution in [3.8, 4) is 0 Å². The van der Waals surface area contributed by atoms with Crippen molar-refractivity contribution in [3.63, 3.8) is 0 Å². The van der Waals surface area contributed by atoms with Crippen LogP contribution in [0.15, 0.2) is 24.3 Å². The molecule has 0 bridgehead atoms. The van der Waals surface area contributed by atoms with Crippen molar-refractivity contribution >= 4 is 17.5 Å². The van der Waals surface area contributed by atoms with Gasteiger partial charge in [-0.1, -0.05) is 23.7 Å². The Kier molecular flexibility index (Phi) is 9.87. The highest BCUT2D eigenvalue weighted by Gasteiger charge is 2.08. The van der Waals surface area contributed by atoms with Crippen LogP contribution in [0.4, 0.5) is 0 Å². The van der Waals surface area contributed by atoms with Gasteiger partial charge in [-0.3, -0.25) is 4.79 Å². The molecule has 4 nitrogen and oxygen atoms in total. The standard InChI is InChI=1S/C17H26ClNO3/c1-3-21-17(22-4-2)9-6-12-19-16(20)11-10-14-7-5-8-15(18)13-14/h5,7-8,13,17H,3-4,6,9-12H2,1-2H3,(H,19,20). The summed E-state index contributed by atoms with van der Waals surface area (Å²) in [6.45, 7) is 5.81. The summed E-state index contributed by atoms with van der Waals surface area (Å²) in [6.07, 6.45) is 2.63. The minimum atomic E-state index is -0.168. The number of rotatable bonds is 11. The van der Waals surface area contributed by atoms with E-state index in [0.29, 0.717) is 37.6 Å². The van der Waals surface area contributed by atoms with Crippen LogP contribution in [-0.4, -0.2) is 32.0 Å². The summed E-state index contributed by atoms with van der Waals surface area (Å²) in [4.78, 5) is 11.8. The van der Waals surface area contributed by atoms with Gasteiger partial charge in [0.15, 0.2) is 6.29 Å². The maximum Gasteiger partial charge on any atom is 0.220 e. The normalized spacial score (nSPS) is 10.9. The topological polar surface area (TPSA) is 47.6 Å². The van der Waals surface area contributed by atoms with Gasteiger partial charge in [0.05, 0.1) is 0 Å². The van der Waals surface area contributed by atoms with E-state index in [-0.39, 0.29) is 12.2 Å². The van der Waals surface area contributed by atoms with Gasteiger partial charge in [-0.15, -0.1) is 0 Å². The molecule has 0 spiro atoms. The van der Waals surface area contributed by atoms with Gasteiger partial charge in [-0.05, 0) is 44.4 Å². The van der Waals surface area contributed by atoms with Gasteiger partial charge in [0, 0.05) is 37.6 Å². The lowest BCUT2D eigenvalue weighted by Crippen LogP contribution is -2.26. The Morgan fingerprint density at radius 3 is 2.64 bits per heavy atom. The number of carbonyl (C=O) groups excluding carboxylic acids is 1. The average Bonchev–Trinajstić information content (AvgIpc) is 2.50. The van der Waals surface area contributed by atoms with Crippen molar-refractivity contribution in [2.45, 2.75) is 45.8 Å². The molecule has 0 fully saturated rings. The largest absolute Gasteiger partial charge is 0.356 e. The van der Waals surface area contributed by atoms with Crippen LogP contribution in [0.25, 0.3) is 0 Å². The van der Waals surface area contributed by atoms with Crippen LogP contribution >= 0.6 is 11.6 Å². The highest BCUT2D eigenvalue weighted by molar-refractivity contribution is 6.30. The lowest BCUT2D eigenvalue weighted by atomic mass is 10.1. The summed E-state index contributed by atoms with van der Waals surface area (Å²) in [5.41, 5.74) is 1.08. The van der Waals surface area contributed by atoms with Crippen LogP contribution in [-0.2, 0) is 20.7 Å². The molecular formula is C17H26ClNO3. The molecule has 0 radical (unpaired) electrons. The molecule has 0 atom stereocenters. The maximum atomic E-state index is 11.8. The fourth-order valence-corrected chi connectivity index (χ4v) is 2.33. The molecule has 1 aromatic rings. The lowest BCUT2D eigenvalue weighted by molar-refractivity contribution is -0.140. The first-order valence-electron chi connectivity index (χ1n) is 7.90. The number of aryl methyl sites for hydroxylation is 1. The van der Waals surface area contributed by atoms with Crippen molar-refractivity contribution < 1.29 is 14.3 Å². The highest BCUT2D eigenvalue weighted by atomic mass is 35.5. The van der Waals surface area contributed by atoms with Crippen molar-refractivity contribution in [1.82, 2.24) is 5.32 Å². The van der Waals surface area contributed by atoms with Crippen LogP contribution in [0.1, 0.15) is 38.7 Å². The molecule has 1 amide bonds. The Morgan fingerprint density at radius 1 is 1.27 bits per heavy atom. The summed E-state index contributed by atoms with van der Waals surface area (Å²) in [6, 6.07) is 7.60. The van der Waals surface area contributed by atoms with Gasteiger partial charge in [-0.25, -0.2) is 0 Å². The van der Waals surface area contributed by atoms with Crippen LogP contribution in [0.5, 0.6) is 0 Å². The lowest BCUT2D eigenvalue weighted by Gasteiger charge is -2.16. The first-order chi connectivity index (χ1) is 10.7. The number of carbonyl (C=O) groups is 1. The van der Waals surface area contributed by atoms with Gasteiger partial charge >= 0.3 is 0 Å². The third-order valence-corrected chi connectivity index (χ3v) is 3.41. The second-order valence-electron chi connectivity index (χ2n) is 4.96. The zero-order chi connectivity index (χ0) is 16.2. The molecule has 124 valence electrons. The van der Waals surface area contributed by atoms with E-state index in [4.69, 9.17) is 21.1 Å². The molecule has 22 heavy (non-hydrogen) atoms. The Bertz CT molecular complexity index is 434. The predicted molar refractivity (Wildman–Crippen MR) is 89.1 cm³/mol. The van der Waals surface area contributed by atoms with E-state index in [1.807, 2.05) is 38.1 Å². The fourth-order valence-electron chi connectivity index (χ4n) is 2.12. The number of halogens is 1. The van der Waals surface area contributed by atoms with E-state index in [1.54, 1.807) is 0 Å². The number of benzene rings is 1. The first-order valence-corrected chi connectivity index (χ1v) is 8.27. The van der Waals surface area contributed by atoms with Gasteiger partial charge in [-0.2, -0.15) is 0 Å². The molecule has 0 aliphatic heterocycles. The Morgan fingerprint density at radius 2 is 2.00 bits per heavy atom. The zero-order valence-electron chi connectivity index (χ0n) is 13.4. The summed E-state index contributed by atoms with van der Waals surface area (Å²) < 4.78 is 10.9. The summed E-state index contributed by atoms with van der Waals surface area (Å²) in [5, 5.41) is 3.63. The van der Waals surface area contributed by atoms with Gasteiger partial charge in [0.1, 0.15) is 0 Å². The third-order valence-electron chi connectivity index (χ3n) is 3.17. The number of nitrogens with one attached hydrogen (secondary N) is 1. The molecule has 0 aliphatic rings. The zero-order valence-corrected chi connectivity index (χ0v) is 14.2.